The van der Waals surface area contributed by atoms with Crippen molar-refractivity contribution in [1.82, 2.24) is 4.72 Å². The Labute approximate surface area is 122 Å². The molecule has 0 aliphatic carbocycles. The largest absolute Gasteiger partial charge is 0.377 e. The van der Waals surface area contributed by atoms with Crippen molar-refractivity contribution >= 4 is 26.0 Å². The topological polar surface area (TPSA) is 55.4 Å². The number of hydrogen-bond acceptors (Lipinski definition) is 3. The molecule has 4 nitrogen and oxygen atoms in total. The maximum Gasteiger partial charge on any atom is 0.241 e. The second-order valence-corrected chi connectivity index (χ2v) is 7.44. The summed E-state index contributed by atoms with van der Waals surface area (Å²) in [5.74, 6) is 0. The van der Waals surface area contributed by atoms with Crippen molar-refractivity contribution in [3.8, 4) is 0 Å². The number of halogens is 1. The van der Waals surface area contributed by atoms with Crippen molar-refractivity contribution in [3.63, 3.8) is 0 Å². The lowest BCUT2D eigenvalue weighted by molar-refractivity contribution is 0.114. The van der Waals surface area contributed by atoms with E-state index in [9.17, 15) is 8.42 Å². The fourth-order valence-electron chi connectivity index (χ4n) is 2.05. The molecule has 1 atom stereocenters. The Kier molecular flexibility index (Phi) is 4.66. The molecule has 1 N–H and O–H groups in total. The number of ether oxygens (including phenoxy) is 1. The van der Waals surface area contributed by atoms with Gasteiger partial charge >= 0.3 is 0 Å². The van der Waals surface area contributed by atoms with Crippen LogP contribution in [0.25, 0.3) is 0 Å². The van der Waals surface area contributed by atoms with E-state index in [1.807, 2.05) is 19.9 Å². The van der Waals surface area contributed by atoms with Crippen molar-refractivity contribution < 1.29 is 13.2 Å². The maximum atomic E-state index is 12.3. The van der Waals surface area contributed by atoms with Gasteiger partial charge in [0.25, 0.3) is 0 Å². The normalized spacial score (nSPS) is 19.8. The molecule has 6 heteroatoms. The molecule has 1 saturated heterocycles. The van der Waals surface area contributed by atoms with Crippen LogP contribution in [0.1, 0.15) is 24.0 Å². The van der Waals surface area contributed by atoms with Crippen LogP contribution in [0.4, 0.5) is 0 Å². The highest BCUT2D eigenvalue weighted by Crippen LogP contribution is 2.25. The van der Waals surface area contributed by atoms with Gasteiger partial charge in [0.15, 0.2) is 0 Å². The van der Waals surface area contributed by atoms with Gasteiger partial charge in [-0.05, 0) is 65.9 Å². The third-order valence-corrected chi connectivity index (χ3v) is 5.74. The third-order valence-electron chi connectivity index (χ3n) is 3.36. The van der Waals surface area contributed by atoms with E-state index in [1.165, 1.54) is 0 Å². The molecule has 0 spiro atoms. The molecule has 1 aromatic carbocycles. The summed E-state index contributed by atoms with van der Waals surface area (Å²) in [6.45, 7) is 4.92. The van der Waals surface area contributed by atoms with Gasteiger partial charge in [-0.3, -0.25) is 0 Å². The molecule has 106 valence electrons. The quantitative estimate of drug-likeness (QED) is 0.910. The monoisotopic (exact) mass is 347 g/mol. The van der Waals surface area contributed by atoms with Crippen LogP contribution >= 0.6 is 15.9 Å². The van der Waals surface area contributed by atoms with Gasteiger partial charge in [0.1, 0.15) is 0 Å². The molecule has 0 aromatic heterocycles. The molecule has 0 saturated carbocycles. The van der Waals surface area contributed by atoms with Gasteiger partial charge in [-0.15, -0.1) is 0 Å². The molecule has 1 aliphatic heterocycles. The summed E-state index contributed by atoms with van der Waals surface area (Å²) in [7, 11) is -3.49. The Bertz CT molecular complexity index is 565. The van der Waals surface area contributed by atoms with Crippen LogP contribution in [0.3, 0.4) is 0 Å². The number of aryl methyl sites for hydroxylation is 2. The fraction of sp³-hybridized carbons (Fsp3) is 0.538. The molecule has 1 aliphatic rings. The zero-order chi connectivity index (χ0) is 14.0. The van der Waals surface area contributed by atoms with E-state index in [1.54, 1.807) is 6.07 Å². The molecule has 0 amide bonds. The Hall–Kier alpha value is -0.430. The van der Waals surface area contributed by atoms with Crippen molar-refractivity contribution in [2.75, 3.05) is 13.2 Å². The van der Waals surface area contributed by atoms with E-state index in [0.29, 0.717) is 11.0 Å². The molecular formula is C13H18BrNO3S. The summed E-state index contributed by atoms with van der Waals surface area (Å²) in [5, 5.41) is 0. The van der Waals surface area contributed by atoms with E-state index in [2.05, 4.69) is 20.7 Å². The van der Waals surface area contributed by atoms with Crippen LogP contribution in [0.15, 0.2) is 21.5 Å². The van der Waals surface area contributed by atoms with Crippen molar-refractivity contribution in [2.24, 2.45) is 0 Å². The van der Waals surface area contributed by atoms with Crippen LogP contribution in [0.2, 0.25) is 0 Å². The van der Waals surface area contributed by atoms with E-state index in [-0.39, 0.29) is 11.0 Å². The average Bonchev–Trinajstić information content (AvgIpc) is 2.84. The van der Waals surface area contributed by atoms with Gasteiger partial charge in [0, 0.05) is 17.6 Å². The highest BCUT2D eigenvalue weighted by molar-refractivity contribution is 9.10. The summed E-state index contributed by atoms with van der Waals surface area (Å²) in [6.07, 6.45) is 1.91. The summed E-state index contributed by atoms with van der Waals surface area (Å²) < 4.78 is 33.2. The number of hydrogen-bond donors (Lipinski definition) is 1. The second kappa shape index (κ2) is 5.91. The zero-order valence-electron chi connectivity index (χ0n) is 11.1. The first kappa shape index (κ1) is 15.0. The smallest absolute Gasteiger partial charge is 0.241 e. The highest BCUT2D eigenvalue weighted by Gasteiger charge is 2.22. The van der Waals surface area contributed by atoms with E-state index >= 15 is 0 Å². The lowest BCUT2D eigenvalue weighted by Crippen LogP contribution is -2.32. The predicted molar refractivity (Wildman–Crippen MR) is 77.8 cm³/mol. The summed E-state index contributed by atoms with van der Waals surface area (Å²) in [6, 6.07) is 3.52. The molecule has 0 bridgehead atoms. The number of rotatable bonds is 4. The van der Waals surface area contributed by atoms with E-state index in [0.717, 1.165) is 30.6 Å². The van der Waals surface area contributed by atoms with Crippen LogP contribution in [-0.2, 0) is 14.8 Å². The van der Waals surface area contributed by atoms with Gasteiger partial charge in [0.05, 0.1) is 11.0 Å². The molecule has 2 rings (SSSR count). The highest BCUT2D eigenvalue weighted by atomic mass is 79.9. The molecule has 0 radical (unpaired) electrons. The summed E-state index contributed by atoms with van der Waals surface area (Å²) in [4.78, 5) is 0.286. The molecule has 19 heavy (non-hydrogen) atoms. The summed E-state index contributed by atoms with van der Waals surface area (Å²) in [5.41, 5.74) is 2.02. The SMILES string of the molecule is Cc1cc(Br)c(S(=O)(=O)NC[C@H]2CCCO2)cc1C. The van der Waals surface area contributed by atoms with Crippen LogP contribution in [0, 0.1) is 13.8 Å². The Morgan fingerprint density at radius 2 is 2.05 bits per heavy atom. The second-order valence-electron chi connectivity index (χ2n) is 4.85. The van der Waals surface area contributed by atoms with E-state index in [4.69, 9.17) is 4.74 Å². The fourth-order valence-corrected chi connectivity index (χ4v) is 4.35. The molecule has 1 aromatic rings. The Balaban J connectivity index is 2.16. The summed E-state index contributed by atoms with van der Waals surface area (Å²) >= 11 is 3.32. The average molecular weight is 348 g/mol. The molecular weight excluding hydrogens is 330 g/mol. The maximum absolute atomic E-state index is 12.3. The zero-order valence-corrected chi connectivity index (χ0v) is 13.5. The number of nitrogens with one attached hydrogen (secondary N) is 1. The third kappa shape index (κ3) is 3.56. The minimum absolute atomic E-state index is 0.0000887. The first-order valence-electron chi connectivity index (χ1n) is 6.28. The minimum atomic E-state index is -3.49. The van der Waals surface area contributed by atoms with Gasteiger partial charge < -0.3 is 4.74 Å². The minimum Gasteiger partial charge on any atom is -0.377 e. The standard InChI is InChI=1S/C13H18BrNO3S/c1-9-6-12(14)13(7-10(9)2)19(16,17)15-8-11-4-3-5-18-11/h6-7,11,15H,3-5,8H2,1-2H3/t11-/m1/s1. The van der Waals surface area contributed by atoms with Crippen LogP contribution in [-0.4, -0.2) is 27.7 Å². The van der Waals surface area contributed by atoms with Gasteiger partial charge in [-0.2, -0.15) is 0 Å². The molecule has 0 unspecified atom stereocenters. The lowest BCUT2D eigenvalue weighted by atomic mass is 10.1. The van der Waals surface area contributed by atoms with Crippen LogP contribution < -0.4 is 4.72 Å². The Morgan fingerprint density at radius 1 is 1.37 bits per heavy atom. The van der Waals surface area contributed by atoms with Gasteiger partial charge in [0.2, 0.25) is 10.0 Å². The van der Waals surface area contributed by atoms with Crippen molar-refractivity contribution in [3.05, 3.63) is 27.7 Å². The molecule has 1 fully saturated rings. The van der Waals surface area contributed by atoms with Crippen LogP contribution in [0.5, 0.6) is 0 Å². The molecule has 1 heterocycles. The first-order valence-corrected chi connectivity index (χ1v) is 8.56. The first-order chi connectivity index (χ1) is 8.90. The van der Waals surface area contributed by atoms with Gasteiger partial charge in [-0.1, -0.05) is 0 Å². The Morgan fingerprint density at radius 3 is 2.68 bits per heavy atom. The lowest BCUT2D eigenvalue weighted by Gasteiger charge is -2.13. The number of benzene rings is 1. The van der Waals surface area contributed by atoms with Crippen molar-refractivity contribution in [1.29, 1.82) is 0 Å². The van der Waals surface area contributed by atoms with Crippen molar-refractivity contribution in [2.45, 2.75) is 37.7 Å². The number of sulfonamides is 1. The van der Waals surface area contributed by atoms with Gasteiger partial charge in [-0.25, -0.2) is 13.1 Å². The van der Waals surface area contributed by atoms with E-state index < -0.39 is 10.0 Å². The predicted octanol–water partition coefficient (Wildman–Crippen LogP) is 2.52.